The van der Waals surface area contributed by atoms with Gasteiger partial charge >= 0.3 is 0 Å². The lowest BCUT2D eigenvalue weighted by Gasteiger charge is -2.10. The highest BCUT2D eigenvalue weighted by Gasteiger charge is 2.16. The van der Waals surface area contributed by atoms with Gasteiger partial charge in [0, 0.05) is 18.7 Å². The third-order valence-corrected chi connectivity index (χ3v) is 3.97. The zero-order valence-corrected chi connectivity index (χ0v) is 15.4. The number of fused-ring (bicyclic) bond motifs is 2. The molecule has 0 aliphatic carbocycles. The van der Waals surface area contributed by atoms with Crippen molar-refractivity contribution < 1.29 is 33.4 Å². The van der Waals surface area contributed by atoms with Gasteiger partial charge in [0.15, 0.2) is 29.3 Å². The third-order valence-electron chi connectivity index (χ3n) is 3.97. The van der Waals surface area contributed by atoms with E-state index < -0.39 is 0 Å². The normalized spacial score (nSPS) is 13.1. The number of aldehydes is 1. The smallest absolute Gasteiger partial charge is 0.269 e. The summed E-state index contributed by atoms with van der Waals surface area (Å²) in [7, 11) is 2.98. The predicted octanol–water partition coefficient (Wildman–Crippen LogP) is 2.68. The van der Waals surface area contributed by atoms with Crippen LogP contribution in [0.25, 0.3) is 6.08 Å². The van der Waals surface area contributed by atoms with Crippen molar-refractivity contribution in [2.24, 2.45) is 0 Å². The van der Waals surface area contributed by atoms with E-state index in [0.717, 1.165) is 16.9 Å². The highest BCUT2D eigenvalue weighted by atomic mass is 16.7. The van der Waals surface area contributed by atoms with E-state index in [1.54, 1.807) is 31.3 Å². The molecular weight excluding hydrogens is 366 g/mol. The molecule has 0 saturated carbocycles. The quantitative estimate of drug-likeness (QED) is 0.454. The fraction of sp³-hybridized carbons (Fsp3) is 0.200. The highest BCUT2D eigenvalue weighted by molar-refractivity contribution is 5.91. The van der Waals surface area contributed by atoms with Crippen LogP contribution < -0.4 is 18.9 Å². The topological polar surface area (TPSA) is 83.5 Å². The summed E-state index contributed by atoms with van der Waals surface area (Å²) < 4.78 is 20.7. The maximum Gasteiger partial charge on any atom is 0.269 e. The number of carbonyl (C=O) groups is 2. The van der Waals surface area contributed by atoms with Gasteiger partial charge < -0.3 is 18.9 Å². The SMILES string of the molecule is CON(C)C(=O)/C=C/c1cccc2c1OCO2.O=Cc1cccc2c1OCO2. The van der Waals surface area contributed by atoms with Crippen LogP contribution in [-0.2, 0) is 9.63 Å². The summed E-state index contributed by atoms with van der Waals surface area (Å²) in [5.41, 5.74) is 1.35. The summed E-state index contributed by atoms with van der Waals surface area (Å²) in [4.78, 5) is 26.7. The van der Waals surface area contributed by atoms with Crippen LogP contribution in [0.2, 0.25) is 0 Å². The zero-order valence-electron chi connectivity index (χ0n) is 15.4. The Morgan fingerprint density at radius 3 is 2.11 bits per heavy atom. The molecule has 2 aromatic rings. The summed E-state index contributed by atoms with van der Waals surface area (Å²) in [6, 6.07) is 10.7. The van der Waals surface area contributed by atoms with Crippen molar-refractivity contribution in [3.63, 3.8) is 0 Å². The zero-order chi connectivity index (χ0) is 19.9. The van der Waals surface area contributed by atoms with E-state index in [0.29, 0.717) is 28.6 Å². The molecule has 2 heterocycles. The second-order valence-electron chi connectivity index (χ2n) is 5.63. The molecule has 28 heavy (non-hydrogen) atoms. The molecule has 0 N–H and O–H groups in total. The Kier molecular flexibility index (Phi) is 6.13. The maximum atomic E-state index is 11.5. The Bertz CT molecular complexity index is 894. The van der Waals surface area contributed by atoms with Crippen molar-refractivity contribution in [2.45, 2.75) is 0 Å². The number of carbonyl (C=O) groups excluding carboxylic acids is 2. The molecule has 0 bridgehead atoms. The van der Waals surface area contributed by atoms with Gasteiger partial charge in [0.1, 0.15) is 0 Å². The Balaban J connectivity index is 0.000000176. The van der Waals surface area contributed by atoms with Crippen LogP contribution in [0.4, 0.5) is 0 Å². The molecule has 0 unspecified atom stereocenters. The molecule has 0 radical (unpaired) electrons. The average molecular weight is 385 g/mol. The van der Waals surface area contributed by atoms with E-state index in [4.69, 9.17) is 23.8 Å². The average Bonchev–Trinajstić information content (AvgIpc) is 3.40. The summed E-state index contributed by atoms with van der Waals surface area (Å²) in [6.07, 6.45) is 3.85. The minimum absolute atomic E-state index is 0.209. The van der Waals surface area contributed by atoms with Crippen LogP contribution in [-0.4, -0.2) is 45.0 Å². The number of hydroxylamine groups is 2. The number of benzene rings is 2. The minimum atomic E-state index is -0.246. The van der Waals surface area contributed by atoms with Crippen LogP contribution in [0.5, 0.6) is 23.0 Å². The van der Waals surface area contributed by atoms with E-state index in [1.165, 1.54) is 13.2 Å². The molecule has 4 rings (SSSR count). The van der Waals surface area contributed by atoms with Gasteiger partial charge in [-0.25, -0.2) is 5.06 Å². The molecule has 0 atom stereocenters. The molecule has 1 amide bonds. The lowest BCUT2D eigenvalue weighted by Crippen LogP contribution is -2.22. The van der Waals surface area contributed by atoms with E-state index >= 15 is 0 Å². The molecule has 2 aliphatic heterocycles. The monoisotopic (exact) mass is 385 g/mol. The number of hydrogen-bond donors (Lipinski definition) is 0. The number of likely N-dealkylation sites (N-methyl/N-ethyl adjacent to an activating group) is 1. The number of ether oxygens (including phenoxy) is 4. The fourth-order valence-electron chi connectivity index (χ4n) is 2.49. The highest BCUT2D eigenvalue weighted by Crippen LogP contribution is 2.36. The van der Waals surface area contributed by atoms with Gasteiger partial charge in [0.25, 0.3) is 5.91 Å². The Morgan fingerprint density at radius 1 is 0.964 bits per heavy atom. The molecule has 146 valence electrons. The van der Waals surface area contributed by atoms with Crippen LogP contribution in [0, 0.1) is 0 Å². The van der Waals surface area contributed by atoms with Crippen molar-refractivity contribution in [2.75, 3.05) is 27.7 Å². The molecule has 2 aliphatic rings. The van der Waals surface area contributed by atoms with Gasteiger partial charge in [-0.05, 0) is 24.3 Å². The van der Waals surface area contributed by atoms with Gasteiger partial charge in [0.2, 0.25) is 13.6 Å². The first-order valence-corrected chi connectivity index (χ1v) is 8.36. The first kappa shape index (κ1) is 19.2. The largest absolute Gasteiger partial charge is 0.454 e. The Labute approximate surface area is 161 Å². The molecule has 0 aromatic heterocycles. The second kappa shape index (κ2) is 8.92. The standard InChI is InChI=1S/C12H13NO4.C8H6O3/c1-13(15-2)11(14)7-6-9-4-3-5-10-12(9)17-8-16-10;9-4-6-2-1-3-7-8(6)11-5-10-7/h3-7H,8H2,1-2H3;1-4H,5H2/b7-6+;. The second-order valence-corrected chi connectivity index (χ2v) is 5.63. The van der Waals surface area contributed by atoms with Gasteiger partial charge in [0.05, 0.1) is 12.7 Å². The lowest BCUT2D eigenvalue weighted by molar-refractivity contribution is -0.162. The maximum absolute atomic E-state index is 11.5. The first-order valence-electron chi connectivity index (χ1n) is 8.36. The minimum Gasteiger partial charge on any atom is -0.454 e. The number of rotatable bonds is 4. The summed E-state index contributed by atoms with van der Waals surface area (Å²) >= 11 is 0. The van der Waals surface area contributed by atoms with Crippen LogP contribution in [0.3, 0.4) is 0 Å². The van der Waals surface area contributed by atoms with Gasteiger partial charge in [-0.15, -0.1) is 0 Å². The number of nitrogens with zero attached hydrogens (tertiary/aromatic N) is 1. The van der Waals surface area contributed by atoms with Gasteiger partial charge in [-0.3, -0.25) is 14.4 Å². The van der Waals surface area contributed by atoms with Crippen molar-refractivity contribution in [1.82, 2.24) is 5.06 Å². The molecule has 2 aromatic carbocycles. The van der Waals surface area contributed by atoms with Crippen LogP contribution in [0.15, 0.2) is 42.5 Å². The molecule has 8 heteroatoms. The van der Waals surface area contributed by atoms with Crippen LogP contribution in [0.1, 0.15) is 15.9 Å². The van der Waals surface area contributed by atoms with Crippen LogP contribution >= 0.6 is 0 Å². The Morgan fingerprint density at radius 2 is 1.54 bits per heavy atom. The van der Waals surface area contributed by atoms with Crippen molar-refractivity contribution in [3.8, 4) is 23.0 Å². The van der Waals surface area contributed by atoms with Crippen molar-refractivity contribution in [3.05, 3.63) is 53.6 Å². The van der Waals surface area contributed by atoms with E-state index in [1.807, 2.05) is 18.2 Å². The third kappa shape index (κ3) is 4.24. The predicted molar refractivity (Wildman–Crippen MR) is 99.3 cm³/mol. The van der Waals surface area contributed by atoms with Gasteiger partial charge in [-0.2, -0.15) is 0 Å². The van der Waals surface area contributed by atoms with Crippen molar-refractivity contribution >= 4 is 18.3 Å². The van der Waals surface area contributed by atoms with Crippen molar-refractivity contribution in [1.29, 1.82) is 0 Å². The molecule has 0 fully saturated rings. The summed E-state index contributed by atoms with van der Waals surface area (Å²) in [6.45, 7) is 0.423. The fourth-order valence-corrected chi connectivity index (χ4v) is 2.49. The van der Waals surface area contributed by atoms with E-state index in [2.05, 4.69) is 0 Å². The number of amides is 1. The number of hydrogen-bond acceptors (Lipinski definition) is 7. The summed E-state index contributed by atoms with van der Waals surface area (Å²) in [5.74, 6) is 2.32. The molecule has 0 spiro atoms. The van der Waals surface area contributed by atoms with E-state index in [-0.39, 0.29) is 19.5 Å². The Hall–Kier alpha value is -3.52. The summed E-state index contributed by atoms with van der Waals surface area (Å²) in [5, 5.41) is 1.14. The van der Waals surface area contributed by atoms with E-state index in [9.17, 15) is 9.59 Å². The van der Waals surface area contributed by atoms with Gasteiger partial charge in [-0.1, -0.05) is 18.2 Å². The lowest BCUT2D eigenvalue weighted by atomic mass is 10.1. The molecule has 0 saturated heterocycles. The molecular formula is C20H19NO7. The number of para-hydroxylation sites is 2. The first-order chi connectivity index (χ1) is 13.6. The molecule has 8 nitrogen and oxygen atoms in total.